The molecule has 1 heterocycles. The zero-order valence-corrected chi connectivity index (χ0v) is 25.3. The maximum absolute atomic E-state index is 12.7. The van der Waals surface area contributed by atoms with Gasteiger partial charge in [0, 0.05) is 26.1 Å². The lowest BCUT2D eigenvalue weighted by Gasteiger charge is -2.58. The number of carbonyl (C=O) groups excluding carboxylic acids is 1. The Bertz CT molecular complexity index is 847. The van der Waals surface area contributed by atoms with Crippen LogP contribution >= 0.6 is 0 Å². The first-order valence-corrected chi connectivity index (χ1v) is 16.4. The van der Waals surface area contributed by atoms with E-state index in [1.807, 2.05) is 0 Å². The summed E-state index contributed by atoms with van der Waals surface area (Å²) >= 11 is 0. The Kier molecular flexibility index (Phi) is 9.00. The maximum Gasteiger partial charge on any atom is 0.307 e. The van der Waals surface area contributed by atoms with Crippen molar-refractivity contribution in [3.05, 3.63) is 11.6 Å². The molecular formula is C34H57NO3. The highest BCUT2D eigenvalue weighted by Gasteiger charge is 2.59. The third-order valence-electron chi connectivity index (χ3n) is 12.3. The summed E-state index contributed by atoms with van der Waals surface area (Å²) in [5, 5.41) is 0. The Hall–Kier alpha value is -0.870. The maximum atomic E-state index is 12.7. The van der Waals surface area contributed by atoms with Gasteiger partial charge >= 0.3 is 5.97 Å². The second kappa shape index (κ2) is 11.9. The van der Waals surface area contributed by atoms with Crippen molar-refractivity contribution in [3.8, 4) is 0 Å². The zero-order chi connectivity index (χ0) is 26.9. The number of hydrogen-bond acceptors (Lipinski definition) is 4. The lowest BCUT2D eigenvalue weighted by Crippen LogP contribution is -2.51. The quantitative estimate of drug-likeness (QED) is 0.228. The van der Waals surface area contributed by atoms with Crippen LogP contribution < -0.4 is 0 Å². The highest BCUT2D eigenvalue weighted by Crippen LogP contribution is 2.67. The average molecular weight is 528 g/mol. The molecule has 1 aliphatic heterocycles. The van der Waals surface area contributed by atoms with E-state index in [0.29, 0.717) is 17.3 Å². The summed E-state index contributed by atoms with van der Waals surface area (Å²) in [4.78, 5) is 15.0. The normalized spacial score (nSPS) is 40.2. The number of ether oxygens (including phenoxy) is 2. The van der Waals surface area contributed by atoms with E-state index in [1.165, 1.54) is 57.8 Å². The number of esters is 1. The number of hydrogen-bond donors (Lipinski definition) is 0. The van der Waals surface area contributed by atoms with E-state index in [1.54, 1.807) is 5.57 Å². The van der Waals surface area contributed by atoms with Gasteiger partial charge in [-0.1, -0.05) is 65.5 Å². The molecule has 0 aromatic rings. The third kappa shape index (κ3) is 5.78. The van der Waals surface area contributed by atoms with Gasteiger partial charge in [0.1, 0.15) is 6.10 Å². The van der Waals surface area contributed by atoms with Crippen LogP contribution in [0.5, 0.6) is 0 Å². The molecule has 4 aliphatic carbocycles. The summed E-state index contributed by atoms with van der Waals surface area (Å²) in [5.74, 6) is 5.22. The van der Waals surface area contributed by atoms with Gasteiger partial charge in [0.15, 0.2) is 0 Å². The largest absolute Gasteiger partial charge is 0.462 e. The first-order valence-electron chi connectivity index (χ1n) is 16.4. The molecule has 5 aliphatic rings. The van der Waals surface area contributed by atoms with Gasteiger partial charge < -0.3 is 9.47 Å². The molecule has 3 saturated carbocycles. The van der Waals surface area contributed by atoms with Crippen LogP contribution in [0.3, 0.4) is 0 Å². The van der Waals surface area contributed by atoms with Crippen LogP contribution in [0.15, 0.2) is 11.6 Å². The molecule has 0 radical (unpaired) electrons. The van der Waals surface area contributed by atoms with E-state index < -0.39 is 0 Å². The van der Waals surface area contributed by atoms with E-state index in [-0.39, 0.29) is 12.1 Å². The Morgan fingerprint density at radius 3 is 2.61 bits per heavy atom. The van der Waals surface area contributed by atoms with Crippen LogP contribution in [0.2, 0.25) is 0 Å². The Balaban J connectivity index is 1.17. The Morgan fingerprint density at radius 2 is 1.84 bits per heavy atom. The van der Waals surface area contributed by atoms with Gasteiger partial charge in [-0.2, -0.15) is 0 Å². The van der Waals surface area contributed by atoms with Crippen molar-refractivity contribution < 1.29 is 14.3 Å². The van der Waals surface area contributed by atoms with E-state index in [2.05, 4.69) is 45.6 Å². The van der Waals surface area contributed by atoms with E-state index in [4.69, 9.17) is 9.47 Å². The molecule has 4 heteroatoms. The Labute approximate surface area is 233 Å². The SMILES string of the molecule is CC(C)CCC[C@H](C)[C@@H]1CC[C@@H]2[C@H]3CC=C4C[C@@H](OC(=O)CCN5CCOCC5)CC[C@]4(C)[C@@H]3CC[C@]21C. The van der Waals surface area contributed by atoms with Crippen LogP contribution in [0.25, 0.3) is 0 Å². The third-order valence-corrected chi connectivity index (χ3v) is 12.3. The molecule has 0 spiro atoms. The van der Waals surface area contributed by atoms with Gasteiger partial charge in [0.05, 0.1) is 19.6 Å². The van der Waals surface area contributed by atoms with E-state index >= 15 is 0 Å². The number of carbonyl (C=O) groups is 1. The van der Waals surface area contributed by atoms with E-state index in [0.717, 1.165) is 81.2 Å². The fourth-order valence-electron chi connectivity index (χ4n) is 10.1. The van der Waals surface area contributed by atoms with Crippen LogP contribution in [0.1, 0.15) is 112 Å². The first-order chi connectivity index (χ1) is 18.2. The molecule has 0 amide bonds. The van der Waals surface area contributed by atoms with Crippen LogP contribution in [0.4, 0.5) is 0 Å². The molecule has 1 saturated heterocycles. The molecule has 0 aromatic carbocycles. The minimum absolute atomic E-state index is 0.00711. The molecule has 38 heavy (non-hydrogen) atoms. The monoisotopic (exact) mass is 527 g/mol. The lowest BCUT2D eigenvalue weighted by atomic mass is 9.47. The number of fused-ring (bicyclic) bond motifs is 5. The molecule has 0 unspecified atom stereocenters. The summed E-state index contributed by atoms with van der Waals surface area (Å²) < 4.78 is 11.5. The van der Waals surface area contributed by atoms with Crippen molar-refractivity contribution in [2.75, 3.05) is 32.8 Å². The van der Waals surface area contributed by atoms with Gasteiger partial charge in [-0.3, -0.25) is 9.69 Å². The topological polar surface area (TPSA) is 38.8 Å². The second-order valence-electron chi connectivity index (χ2n) is 14.8. The van der Waals surface area contributed by atoms with Gasteiger partial charge in [-0.05, 0) is 91.3 Å². The number of rotatable bonds is 9. The molecule has 216 valence electrons. The highest BCUT2D eigenvalue weighted by atomic mass is 16.5. The van der Waals surface area contributed by atoms with Crippen LogP contribution in [-0.2, 0) is 14.3 Å². The smallest absolute Gasteiger partial charge is 0.307 e. The van der Waals surface area contributed by atoms with Crippen molar-refractivity contribution in [1.82, 2.24) is 4.90 Å². The summed E-state index contributed by atoms with van der Waals surface area (Å²) in [6, 6.07) is 0. The summed E-state index contributed by atoms with van der Waals surface area (Å²) in [6.07, 6.45) is 17.7. The summed E-state index contributed by atoms with van der Waals surface area (Å²) in [5.41, 5.74) is 2.49. The zero-order valence-electron chi connectivity index (χ0n) is 25.3. The first kappa shape index (κ1) is 28.7. The molecular weight excluding hydrogens is 470 g/mol. The van der Waals surface area contributed by atoms with Crippen LogP contribution in [-0.4, -0.2) is 49.8 Å². The van der Waals surface area contributed by atoms with Gasteiger partial charge in [0.2, 0.25) is 0 Å². The van der Waals surface area contributed by atoms with Crippen molar-refractivity contribution in [3.63, 3.8) is 0 Å². The number of nitrogens with zero attached hydrogens (tertiary/aromatic N) is 1. The predicted molar refractivity (Wildman–Crippen MR) is 155 cm³/mol. The average Bonchev–Trinajstić information content (AvgIpc) is 3.25. The van der Waals surface area contributed by atoms with Gasteiger partial charge in [0.25, 0.3) is 0 Å². The minimum atomic E-state index is -0.00711. The van der Waals surface area contributed by atoms with Crippen molar-refractivity contribution in [1.29, 1.82) is 0 Å². The fraction of sp³-hybridized carbons (Fsp3) is 0.912. The fourth-order valence-corrected chi connectivity index (χ4v) is 10.1. The second-order valence-corrected chi connectivity index (χ2v) is 14.8. The summed E-state index contributed by atoms with van der Waals surface area (Å²) in [7, 11) is 0. The van der Waals surface area contributed by atoms with E-state index in [9.17, 15) is 4.79 Å². The predicted octanol–water partition coefficient (Wildman–Crippen LogP) is 7.66. The number of morpholine rings is 1. The summed E-state index contributed by atoms with van der Waals surface area (Å²) in [6.45, 7) is 16.8. The molecule has 0 N–H and O–H groups in total. The Morgan fingerprint density at radius 1 is 1.05 bits per heavy atom. The highest BCUT2D eigenvalue weighted by molar-refractivity contribution is 5.69. The minimum Gasteiger partial charge on any atom is -0.462 e. The molecule has 8 atom stereocenters. The molecule has 5 rings (SSSR count). The molecule has 0 aromatic heterocycles. The van der Waals surface area contributed by atoms with Crippen LogP contribution in [0, 0.1) is 46.3 Å². The molecule has 0 bridgehead atoms. The molecule has 4 fully saturated rings. The van der Waals surface area contributed by atoms with Gasteiger partial charge in [-0.15, -0.1) is 0 Å². The van der Waals surface area contributed by atoms with Crippen molar-refractivity contribution >= 4 is 5.97 Å². The van der Waals surface area contributed by atoms with Crippen molar-refractivity contribution in [2.24, 2.45) is 46.3 Å². The lowest BCUT2D eigenvalue weighted by molar-refractivity contribution is -0.152. The van der Waals surface area contributed by atoms with Gasteiger partial charge in [-0.25, -0.2) is 0 Å². The number of allylic oxidation sites excluding steroid dienone is 1. The standard InChI is InChI=1S/C34H57NO3/c1-24(2)7-6-8-25(3)29-11-12-30-28-10-9-26-23-27(38-32(36)15-18-35-19-21-37-22-20-35)13-16-33(26,4)31(28)14-17-34(29,30)5/h9,24-25,27-31H,6-8,10-23H2,1-5H3/t25-,27-,28+,29-,30+,31+,33-,34-/m0/s1. The molecule has 4 nitrogen and oxygen atoms in total. The van der Waals surface area contributed by atoms with Crippen molar-refractivity contribution in [2.45, 2.75) is 118 Å².